The number of nitrogens with zero attached hydrogens (tertiary/aromatic N) is 4. The maximum absolute atomic E-state index is 13.2. The number of aromatic nitrogens is 2. The third-order valence-electron chi connectivity index (χ3n) is 5.69. The van der Waals surface area contributed by atoms with Gasteiger partial charge in [-0.25, -0.2) is 4.98 Å². The van der Waals surface area contributed by atoms with Gasteiger partial charge in [-0.15, -0.1) is 0 Å². The highest BCUT2D eigenvalue weighted by molar-refractivity contribution is 5.98. The Hall–Kier alpha value is -4.01. The fourth-order valence-electron chi connectivity index (χ4n) is 3.92. The minimum atomic E-state index is -0.0811. The molecule has 0 aliphatic carbocycles. The number of benzene rings is 2. The number of amides is 1. The predicted octanol–water partition coefficient (Wildman–Crippen LogP) is 3.52. The lowest BCUT2D eigenvalue weighted by Crippen LogP contribution is -2.49. The van der Waals surface area contributed by atoms with Gasteiger partial charge < -0.3 is 29.3 Å². The highest BCUT2D eigenvalue weighted by atomic mass is 16.5. The standard InChI is InChI=1S/C25H29N5O4/c1-17-16-22(27-18-8-10-19(32-2)11-9-18)28-25(26-17)30-14-12-29(13-15-30)24(31)20-6-5-7-21(33-3)23(20)34-4/h5-11,16H,12-15H2,1-4H3,(H,26,27,28). The SMILES string of the molecule is COc1ccc(Nc2cc(C)nc(N3CCN(C(=O)c4cccc(OC)c4OC)CC3)n2)cc1. The molecular formula is C25H29N5O4. The first-order chi connectivity index (χ1) is 16.5. The quantitative estimate of drug-likeness (QED) is 0.569. The van der Waals surface area contributed by atoms with Crippen LogP contribution in [0.2, 0.25) is 0 Å². The minimum absolute atomic E-state index is 0.0811. The van der Waals surface area contributed by atoms with Crippen molar-refractivity contribution in [1.29, 1.82) is 0 Å². The fourth-order valence-corrected chi connectivity index (χ4v) is 3.92. The molecular weight excluding hydrogens is 434 g/mol. The molecule has 178 valence electrons. The smallest absolute Gasteiger partial charge is 0.257 e. The van der Waals surface area contributed by atoms with Crippen LogP contribution in [0.1, 0.15) is 16.1 Å². The van der Waals surface area contributed by atoms with Crippen molar-refractivity contribution in [1.82, 2.24) is 14.9 Å². The van der Waals surface area contributed by atoms with E-state index in [1.807, 2.05) is 42.2 Å². The largest absolute Gasteiger partial charge is 0.497 e. The molecule has 9 nitrogen and oxygen atoms in total. The van der Waals surface area contributed by atoms with Gasteiger partial charge in [0.2, 0.25) is 5.95 Å². The van der Waals surface area contributed by atoms with E-state index in [-0.39, 0.29) is 5.91 Å². The zero-order chi connectivity index (χ0) is 24.1. The Kier molecular flexibility index (Phi) is 7.01. The van der Waals surface area contributed by atoms with Gasteiger partial charge in [0.25, 0.3) is 5.91 Å². The van der Waals surface area contributed by atoms with Crippen molar-refractivity contribution in [2.75, 3.05) is 57.7 Å². The van der Waals surface area contributed by atoms with Crippen LogP contribution in [-0.4, -0.2) is 68.3 Å². The van der Waals surface area contributed by atoms with Gasteiger partial charge in [0.15, 0.2) is 11.5 Å². The summed E-state index contributed by atoms with van der Waals surface area (Å²) in [6, 6.07) is 14.9. The van der Waals surface area contributed by atoms with Crippen molar-refractivity contribution in [3.63, 3.8) is 0 Å². The van der Waals surface area contributed by atoms with Crippen LogP contribution in [0.25, 0.3) is 0 Å². The molecule has 2 aromatic carbocycles. The van der Waals surface area contributed by atoms with Gasteiger partial charge in [-0.3, -0.25) is 4.79 Å². The van der Waals surface area contributed by atoms with E-state index >= 15 is 0 Å². The number of carbonyl (C=O) groups excluding carboxylic acids is 1. The number of carbonyl (C=O) groups is 1. The van der Waals surface area contributed by atoms with E-state index in [1.54, 1.807) is 39.5 Å². The molecule has 0 radical (unpaired) electrons. The Morgan fingerprint density at radius 2 is 1.65 bits per heavy atom. The molecule has 0 unspecified atom stereocenters. The number of piperazine rings is 1. The maximum Gasteiger partial charge on any atom is 0.257 e. The number of anilines is 3. The van der Waals surface area contributed by atoms with Crippen LogP contribution in [0.5, 0.6) is 17.2 Å². The van der Waals surface area contributed by atoms with Crippen molar-refractivity contribution < 1.29 is 19.0 Å². The summed E-state index contributed by atoms with van der Waals surface area (Å²) < 4.78 is 16.0. The summed E-state index contributed by atoms with van der Waals surface area (Å²) in [7, 11) is 4.74. The number of nitrogens with one attached hydrogen (secondary N) is 1. The normalized spacial score (nSPS) is 13.4. The summed E-state index contributed by atoms with van der Waals surface area (Å²) >= 11 is 0. The number of aryl methyl sites for hydroxylation is 1. The molecule has 3 aromatic rings. The molecule has 1 aliphatic rings. The monoisotopic (exact) mass is 463 g/mol. The van der Waals surface area contributed by atoms with E-state index in [9.17, 15) is 4.79 Å². The van der Waals surface area contributed by atoms with Crippen LogP contribution in [0.3, 0.4) is 0 Å². The molecule has 1 saturated heterocycles. The number of methoxy groups -OCH3 is 3. The van der Waals surface area contributed by atoms with E-state index in [2.05, 4.69) is 15.2 Å². The zero-order valence-corrected chi connectivity index (χ0v) is 19.9. The highest BCUT2D eigenvalue weighted by Crippen LogP contribution is 2.32. The molecule has 9 heteroatoms. The Balaban J connectivity index is 1.44. The van der Waals surface area contributed by atoms with Gasteiger partial charge in [-0.2, -0.15) is 4.98 Å². The van der Waals surface area contributed by atoms with Crippen molar-refractivity contribution >= 4 is 23.4 Å². The summed E-state index contributed by atoms with van der Waals surface area (Å²) in [5.41, 5.74) is 2.27. The first-order valence-electron chi connectivity index (χ1n) is 11.0. The topological polar surface area (TPSA) is 89.1 Å². The number of ether oxygens (including phenoxy) is 3. The Bertz CT molecular complexity index is 1140. The molecule has 4 rings (SSSR count). The van der Waals surface area contributed by atoms with Gasteiger partial charge in [-0.05, 0) is 43.3 Å². The van der Waals surface area contributed by atoms with Crippen LogP contribution < -0.4 is 24.4 Å². The van der Waals surface area contributed by atoms with E-state index in [1.165, 1.54) is 0 Å². The van der Waals surface area contributed by atoms with Gasteiger partial charge in [0.1, 0.15) is 11.6 Å². The molecule has 34 heavy (non-hydrogen) atoms. The first-order valence-corrected chi connectivity index (χ1v) is 11.0. The minimum Gasteiger partial charge on any atom is -0.497 e. The van der Waals surface area contributed by atoms with Gasteiger partial charge in [0.05, 0.1) is 26.9 Å². The second-order valence-corrected chi connectivity index (χ2v) is 7.87. The van der Waals surface area contributed by atoms with E-state index in [0.29, 0.717) is 55.0 Å². The van der Waals surface area contributed by atoms with Crippen LogP contribution in [0.4, 0.5) is 17.5 Å². The van der Waals surface area contributed by atoms with Crippen LogP contribution >= 0.6 is 0 Å². The molecule has 2 heterocycles. The third-order valence-corrected chi connectivity index (χ3v) is 5.69. The number of hydrogen-bond donors (Lipinski definition) is 1. The maximum atomic E-state index is 13.2. The molecule has 0 bridgehead atoms. The van der Waals surface area contributed by atoms with Gasteiger partial charge in [0, 0.05) is 43.6 Å². The molecule has 1 amide bonds. The second-order valence-electron chi connectivity index (χ2n) is 7.87. The number of para-hydroxylation sites is 1. The zero-order valence-electron chi connectivity index (χ0n) is 19.9. The Morgan fingerprint density at radius 1 is 0.912 bits per heavy atom. The van der Waals surface area contributed by atoms with Crippen LogP contribution in [0.15, 0.2) is 48.5 Å². The van der Waals surface area contributed by atoms with Crippen molar-refractivity contribution in [3.05, 3.63) is 59.8 Å². The fraction of sp³-hybridized carbons (Fsp3) is 0.320. The van der Waals surface area contributed by atoms with E-state index in [4.69, 9.17) is 19.2 Å². The van der Waals surface area contributed by atoms with Crippen LogP contribution in [-0.2, 0) is 0 Å². The number of rotatable bonds is 7. The molecule has 1 aliphatic heterocycles. The third kappa shape index (κ3) is 4.98. The Labute approximate surface area is 199 Å². The number of hydrogen-bond acceptors (Lipinski definition) is 8. The molecule has 0 spiro atoms. The summed E-state index contributed by atoms with van der Waals surface area (Å²) in [6.07, 6.45) is 0. The lowest BCUT2D eigenvalue weighted by molar-refractivity contribution is 0.0742. The molecule has 0 atom stereocenters. The summed E-state index contributed by atoms with van der Waals surface area (Å²) in [6.45, 7) is 4.31. The lowest BCUT2D eigenvalue weighted by Gasteiger charge is -2.35. The average molecular weight is 464 g/mol. The van der Waals surface area contributed by atoms with Crippen LogP contribution in [0, 0.1) is 6.92 Å². The molecule has 0 saturated carbocycles. The molecule has 1 fully saturated rings. The van der Waals surface area contributed by atoms with E-state index < -0.39 is 0 Å². The second kappa shape index (κ2) is 10.3. The lowest BCUT2D eigenvalue weighted by atomic mass is 10.1. The van der Waals surface area contributed by atoms with E-state index in [0.717, 1.165) is 17.1 Å². The average Bonchev–Trinajstić information content (AvgIpc) is 2.88. The summed E-state index contributed by atoms with van der Waals surface area (Å²) in [5, 5.41) is 3.32. The van der Waals surface area contributed by atoms with Crippen molar-refractivity contribution in [2.24, 2.45) is 0 Å². The highest BCUT2D eigenvalue weighted by Gasteiger charge is 2.26. The Morgan fingerprint density at radius 3 is 2.29 bits per heavy atom. The predicted molar refractivity (Wildman–Crippen MR) is 131 cm³/mol. The first kappa shape index (κ1) is 23.2. The van der Waals surface area contributed by atoms with Gasteiger partial charge in [-0.1, -0.05) is 6.07 Å². The summed E-state index contributed by atoms with van der Waals surface area (Å²) in [4.78, 5) is 26.4. The summed E-state index contributed by atoms with van der Waals surface area (Å²) in [5.74, 6) is 3.06. The van der Waals surface area contributed by atoms with Crippen molar-refractivity contribution in [3.8, 4) is 17.2 Å². The molecule has 1 N–H and O–H groups in total. The molecule has 1 aromatic heterocycles. The van der Waals surface area contributed by atoms with Crippen molar-refractivity contribution in [2.45, 2.75) is 6.92 Å². The van der Waals surface area contributed by atoms with Gasteiger partial charge >= 0.3 is 0 Å².